The first kappa shape index (κ1) is 31.2. The molecule has 0 bridgehead atoms. The molecule has 0 saturated carbocycles. The number of carboxylic acid groups (broad SMARTS) is 2. The van der Waals surface area contributed by atoms with Crippen molar-refractivity contribution in [2.75, 3.05) is 13.2 Å². The predicted molar refractivity (Wildman–Crippen MR) is 145 cm³/mol. The lowest BCUT2D eigenvalue weighted by Crippen LogP contribution is -2.55. The van der Waals surface area contributed by atoms with E-state index in [1.165, 1.54) is 36.1 Å². The van der Waals surface area contributed by atoms with Gasteiger partial charge in [0.1, 0.15) is 30.0 Å². The molecule has 1 saturated heterocycles. The number of amides is 5. The number of nitrogen functional groups attached to an aromatic ring is 1. The van der Waals surface area contributed by atoms with Crippen molar-refractivity contribution in [3.05, 3.63) is 71.3 Å². The van der Waals surface area contributed by atoms with Gasteiger partial charge in [-0.05, 0) is 18.1 Å². The Morgan fingerprint density at radius 2 is 1.60 bits per heavy atom. The number of aliphatic hydroxyl groups excluding tert-OH is 1. The summed E-state index contributed by atoms with van der Waals surface area (Å²) in [5.74, 6) is -6.34. The molecule has 0 aromatic heterocycles. The summed E-state index contributed by atoms with van der Waals surface area (Å²) in [4.78, 5) is 77.3. The fourth-order valence-corrected chi connectivity index (χ4v) is 4.41. The van der Waals surface area contributed by atoms with Crippen LogP contribution in [0.25, 0.3) is 0 Å². The lowest BCUT2D eigenvalue weighted by molar-refractivity contribution is -0.144. The van der Waals surface area contributed by atoms with Crippen molar-refractivity contribution in [1.29, 1.82) is 5.41 Å². The highest BCUT2D eigenvalue weighted by Crippen LogP contribution is 2.38. The number of hydrogen-bond donors (Lipinski definition) is 7. The lowest BCUT2D eigenvalue weighted by Gasteiger charge is -2.32. The number of benzene rings is 2. The Morgan fingerprint density at radius 3 is 2.12 bits per heavy atom. The van der Waals surface area contributed by atoms with E-state index >= 15 is 0 Å². The van der Waals surface area contributed by atoms with E-state index in [9.17, 15) is 33.9 Å². The first-order chi connectivity index (χ1) is 19.8. The lowest BCUT2D eigenvalue weighted by atomic mass is 9.89. The number of rotatable bonds is 13. The Hall–Kier alpha value is -5.31. The fourth-order valence-electron chi connectivity index (χ4n) is 4.41. The number of urea groups is 1. The van der Waals surface area contributed by atoms with Gasteiger partial charge in [0.25, 0.3) is 5.91 Å². The number of hydrogen-bond acceptors (Lipinski definition) is 8. The molecule has 1 aliphatic heterocycles. The van der Waals surface area contributed by atoms with Gasteiger partial charge < -0.3 is 36.6 Å². The predicted octanol–water partition coefficient (Wildman–Crippen LogP) is -0.829. The molecule has 42 heavy (non-hydrogen) atoms. The number of aliphatic carboxylic acids is 2. The summed E-state index contributed by atoms with van der Waals surface area (Å²) in [5, 5.41) is 39.1. The molecule has 1 fully saturated rings. The van der Waals surface area contributed by atoms with Crippen molar-refractivity contribution in [2.45, 2.75) is 37.5 Å². The van der Waals surface area contributed by atoms with E-state index < -0.39 is 72.9 Å². The molecule has 1 unspecified atom stereocenters. The van der Waals surface area contributed by atoms with Crippen LogP contribution < -0.4 is 16.4 Å². The number of aliphatic hydroxyl groups is 1. The SMILES string of the molecule is CC1(c2ccc(C(=N)N)cc2)C(=O)N(CC(=O)N[C@@H](CC(=O)O)C(=O)N[C@@H](CO)C(=O)O)C(=O)N1Cc1ccccc1. The fraction of sp³-hybridized carbons (Fsp3) is 0.296. The van der Waals surface area contributed by atoms with E-state index in [-0.39, 0.29) is 12.4 Å². The zero-order chi connectivity index (χ0) is 31.2. The van der Waals surface area contributed by atoms with Gasteiger partial charge in [-0.3, -0.25) is 29.5 Å². The van der Waals surface area contributed by atoms with Gasteiger partial charge in [0.15, 0.2) is 0 Å². The summed E-state index contributed by atoms with van der Waals surface area (Å²) in [5.41, 5.74) is 5.38. The maximum Gasteiger partial charge on any atom is 0.328 e. The summed E-state index contributed by atoms with van der Waals surface area (Å²) in [7, 11) is 0. The molecule has 0 spiro atoms. The van der Waals surface area contributed by atoms with Gasteiger partial charge in [0.2, 0.25) is 11.8 Å². The molecular weight excluding hydrogens is 552 g/mol. The number of nitrogens with one attached hydrogen (secondary N) is 3. The van der Waals surface area contributed by atoms with Crippen LogP contribution in [0.2, 0.25) is 0 Å². The Balaban J connectivity index is 1.90. The third-order valence-corrected chi connectivity index (χ3v) is 6.73. The molecule has 3 atom stereocenters. The van der Waals surface area contributed by atoms with Crippen molar-refractivity contribution >= 4 is 41.5 Å². The van der Waals surface area contributed by atoms with Gasteiger partial charge in [-0.15, -0.1) is 0 Å². The van der Waals surface area contributed by atoms with Crippen molar-refractivity contribution in [1.82, 2.24) is 20.4 Å². The van der Waals surface area contributed by atoms with E-state index in [1.807, 2.05) is 5.32 Å². The largest absolute Gasteiger partial charge is 0.481 e. The summed E-state index contributed by atoms with van der Waals surface area (Å²) in [6.07, 6.45) is -0.947. The average Bonchev–Trinajstić information content (AvgIpc) is 3.12. The number of imide groups is 1. The van der Waals surface area contributed by atoms with Gasteiger partial charge in [0, 0.05) is 12.1 Å². The molecule has 15 heteroatoms. The quantitative estimate of drug-likeness (QED) is 0.0878. The standard InChI is InChI=1S/C27H30N6O9/c1-27(17-9-7-16(8-10-17)22(28)29)25(41)32(26(42)33(27)12-15-5-3-2-4-6-15)13-20(35)30-18(11-21(36)37)23(38)31-19(14-34)24(39)40/h2-10,18-19,34H,11-14H2,1H3,(H3,28,29)(H,30,35)(H,31,38)(H,36,37)(H,39,40)/t18-,19-,27?/m0/s1. The smallest absolute Gasteiger partial charge is 0.328 e. The molecule has 2 aromatic carbocycles. The number of nitrogens with zero attached hydrogens (tertiary/aromatic N) is 2. The topological polar surface area (TPSA) is 244 Å². The molecule has 0 radical (unpaired) electrons. The number of carboxylic acids is 2. The maximum atomic E-state index is 13.8. The summed E-state index contributed by atoms with van der Waals surface area (Å²) in [6.45, 7) is -0.389. The van der Waals surface area contributed by atoms with Crippen LogP contribution in [0, 0.1) is 5.41 Å². The van der Waals surface area contributed by atoms with Gasteiger partial charge in [0.05, 0.1) is 13.0 Å². The van der Waals surface area contributed by atoms with Crippen LogP contribution in [0.1, 0.15) is 30.0 Å². The van der Waals surface area contributed by atoms with Crippen LogP contribution in [0.4, 0.5) is 4.79 Å². The molecule has 1 aliphatic rings. The van der Waals surface area contributed by atoms with Gasteiger partial charge in [-0.25, -0.2) is 9.59 Å². The van der Waals surface area contributed by atoms with Crippen molar-refractivity contribution in [2.24, 2.45) is 5.73 Å². The van der Waals surface area contributed by atoms with Crippen molar-refractivity contribution in [3.8, 4) is 0 Å². The second kappa shape index (κ2) is 12.9. The van der Waals surface area contributed by atoms with Crippen LogP contribution in [-0.2, 0) is 36.1 Å². The maximum absolute atomic E-state index is 13.8. The highest BCUT2D eigenvalue weighted by atomic mass is 16.4. The van der Waals surface area contributed by atoms with Crippen molar-refractivity contribution in [3.63, 3.8) is 0 Å². The highest BCUT2D eigenvalue weighted by molar-refractivity contribution is 6.09. The number of nitrogens with two attached hydrogens (primary N) is 1. The van der Waals surface area contributed by atoms with Crippen LogP contribution in [0.15, 0.2) is 54.6 Å². The van der Waals surface area contributed by atoms with Crippen LogP contribution in [0.3, 0.4) is 0 Å². The minimum atomic E-state index is -1.78. The average molecular weight is 583 g/mol. The Bertz CT molecular complexity index is 1400. The Labute approximate surface area is 239 Å². The minimum absolute atomic E-state index is 0.0176. The van der Waals surface area contributed by atoms with Crippen molar-refractivity contribution < 1.29 is 44.1 Å². The normalized spacial score (nSPS) is 17.9. The molecule has 8 N–H and O–H groups in total. The second-order valence-electron chi connectivity index (χ2n) is 9.61. The Morgan fingerprint density at radius 1 is 0.976 bits per heavy atom. The zero-order valence-electron chi connectivity index (χ0n) is 22.4. The second-order valence-corrected chi connectivity index (χ2v) is 9.61. The van der Waals surface area contributed by atoms with Gasteiger partial charge in [-0.1, -0.05) is 54.6 Å². The molecular formula is C27H30N6O9. The van der Waals surface area contributed by atoms with Crippen LogP contribution >= 0.6 is 0 Å². The van der Waals surface area contributed by atoms with Gasteiger partial charge in [-0.2, -0.15) is 0 Å². The van der Waals surface area contributed by atoms with E-state index in [1.54, 1.807) is 30.3 Å². The van der Waals surface area contributed by atoms with E-state index in [2.05, 4.69) is 5.32 Å². The van der Waals surface area contributed by atoms with E-state index in [4.69, 9.17) is 21.4 Å². The number of carbonyl (C=O) groups is 6. The molecule has 1 heterocycles. The molecule has 3 rings (SSSR count). The highest BCUT2D eigenvalue weighted by Gasteiger charge is 2.55. The molecule has 222 valence electrons. The van der Waals surface area contributed by atoms with E-state index in [0.29, 0.717) is 21.6 Å². The summed E-state index contributed by atoms with van der Waals surface area (Å²) >= 11 is 0. The third-order valence-electron chi connectivity index (χ3n) is 6.73. The molecule has 15 nitrogen and oxygen atoms in total. The molecule has 0 aliphatic carbocycles. The van der Waals surface area contributed by atoms with Crippen LogP contribution in [0.5, 0.6) is 0 Å². The Kier molecular flexibility index (Phi) is 9.59. The third kappa shape index (κ3) is 6.69. The molecule has 5 amide bonds. The van der Waals surface area contributed by atoms with Crippen LogP contribution in [-0.4, -0.2) is 91.9 Å². The summed E-state index contributed by atoms with van der Waals surface area (Å²) < 4.78 is 0. The van der Waals surface area contributed by atoms with E-state index in [0.717, 1.165) is 0 Å². The minimum Gasteiger partial charge on any atom is -0.481 e. The molecule has 2 aromatic rings. The zero-order valence-corrected chi connectivity index (χ0v) is 22.4. The first-order valence-corrected chi connectivity index (χ1v) is 12.6. The van der Waals surface area contributed by atoms with Gasteiger partial charge >= 0.3 is 18.0 Å². The first-order valence-electron chi connectivity index (χ1n) is 12.6. The number of amidine groups is 1. The summed E-state index contributed by atoms with van der Waals surface area (Å²) in [6, 6.07) is 10.5. The number of carbonyl (C=O) groups excluding carboxylic acids is 4. The monoisotopic (exact) mass is 582 g/mol.